The van der Waals surface area contributed by atoms with Crippen molar-refractivity contribution >= 4 is 11.8 Å². The van der Waals surface area contributed by atoms with Crippen LogP contribution < -0.4 is 10.6 Å². The molecule has 0 aliphatic rings. The third-order valence-electron chi connectivity index (χ3n) is 5.09. The number of aliphatic hydroxyl groups is 3. The number of hydrogen-bond donors (Lipinski definition) is 5. The van der Waals surface area contributed by atoms with Gasteiger partial charge in [0.2, 0.25) is 11.8 Å². The number of rotatable bonds is 14. The lowest BCUT2D eigenvalue weighted by Crippen LogP contribution is -2.52. The summed E-state index contributed by atoms with van der Waals surface area (Å²) in [6.07, 6.45) is 15.5. The molecule has 4 unspecified atom stereocenters. The van der Waals surface area contributed by atoms with Gasteiger partial charge in [0.1, 0.15) is 6.04 Å². The number of hydrogen-bond acceptors (Lipinski definition) is 5. The van der Waals surface area contributed by atoms with Gasteiger partial charge < -0.3 is 26.0 Å². The molecule has 34 heavy (non-hydrogen) atoms. The van der Waals surface area contributed by atoms with Crippen LogP contribution in [0.25, 0.3) is 0 Å². The van der Waals surface area contributed by atoms with Crippen molar-refractivity contribution in [2.45, 2.75) is 79.1 Å². The summed E-state index contributed by atoms with van der Waals surface area (Å²) in [5.41, 5.74) is 0.414. The molecule has 5 N–H and O–H groups in total. The molecule has 0 aromatic rings. The molecule has 0 bridgehead atoms. The topological polar surface area (TPSA) is 119 Å². The van der Waals surface area contributed by atoms with Crippen LogP contribution in [-0.4, -0.2) is 52.0 Å². The molecule has 7 nitrogen and oxygen atoms in total. The number of allylic oxidation sites excluding steroid dienone is 5. The van der Waals surface area contributed by atoms with E-state index < -0.39 is 23.7 Å². The minimum atomic E-state index is -0.748. The van der Waals surface area contributed by atoms with Gasteiger partial charge in [0, 0.05) is 18.6 Å². The van der Waals surface area contributed by atoms with Gasteiger partial charge in [-0.3, -0.25) is 9.59 Å². The minimum absolute atomic E-state index is 0.0596. The quantitative estimate of drug-likeness (QED) is 0.150. The van der Waals surface area contributed by atoms with Crippen LogP contribution in [0.5, 0.6) is 0 Å². The highest BCUT2D eigenvalue weighted by molar-refractivity contribution is 5.93. The van der Waals surface area contributed by atoms with E-state index in [-0.39, 0.29) is 24.3 Å². The lowest BCUT2D eigenvalue weighted by molar-refractivity contribution is -0.129. The van der Waals surface area contributed by atoms with Crippen molar-refractivity contribution < 1.29 is 24.9 Å². The van der Waals surface area contributed by atoms with Crippen LogP contribution in [0.4, 0.5) is 0 Å². The van der Waals surface area contributed by atoms with E-state index in [0.29, 0.717) is 19.3 Å². The maximum absolute atomic E-state index is 12.6. The highest BCUT2D eigenvalue weighted by Crippen LogP contribution is 2.19. The Labute approximate surface area is 205 Å². The fraction of sp³-hybridized carbons (Fsp3) is 0.556. The molecular weight excluding hydrogens is 432 g/mol. The van der Waals surface area contributed by atoms with E-state index in [1.807, 2.05) is 65.8 Å². The molecule has 0 spiro atoms. The molecule has 0 aromatic heterocycles. The Kier molecular flexibility index (Phi) is 15.8. The Bertz CT molecular complexity index is 759. The van der Waals surface area contributed by atoms with Crippen LogP contribution in [0.2, 0.25) is 0 Å². The maximum Gasteiger partial charge on any atom is 0.247 e. The van der Waals surface area contributed by atoms with Crippen LogP contribution in [0.3, 0.4) is 0 Å². The first-order chi connectivity index (χ1) is 15.9. The van der Waals surface area contributed by atoms with Crippen molar-refractivity contribution in [3.63, 3.8) is 0 Å². The van der Waals surface area contributed by atoms with Gasteiger partial charge in [0.05, 0.1) is 12.2 Å². The minimum Gasteiger partial charge on any atom is -0.396 e. The SMILES string of the molecule is CC=CCC(O)CC=CNC(=O)C(NC(=O)C=CC=CC(C)=CC(C)C(O)CCO)C(C)(C)C. The highest BCUT2D eigenvalue weighted by Gasteiger charge is 2.31. The number of nitrogens with one attached hydrogen (secondary N) is 2. The molecule has 192 valence electrons. The van der Waals surface area contributed by atoms with Gasteiger partial charge in [-0.25, -0.2) is 0 Å². The normalized spacial score (nSPS) is 16.9. The van der Waals surface area contributed by atoms with Crippen LogP contribution in [-0.2, 0) is 9.59 Å². The Hall–Kier alpha value is -2.48. The van der Waals surface area contributed by atoms with Gasteiger partial charge in [-0.15, -0.1) is 0 Å². The Balaban J connectivity index is 4.88. The Morgan fingerprint density at radius 2 is 1.65 bits per heavy atom. The third kappa shape index (κ3) is 14.6. The van der Waals surface area contributed by atoms with Gasteiger partial charge in [0.25, 0.3) is 0 Å². The van der Waals surface area contributed by atoms with Gasteiger partial charge in [-0.2, -0.15) is 0 Å². The Morgan fingerprint density at radius 3 is 2.24 bits per heavy atom. The van der Waals surface area contributed by atoms with Gasteiger partial charge >= 0.3 is 0 Å². The molecule has 0 rings (SSSR count). The number of amides is 2. The first-order valence-electron chi connectivity index (χ1n) is 11.8. The average Bonchev–Trinajstić information content (AvgIpc) is 2.75. The largest absolute Gasteiger partial charge is 0.396 e. The fourth-order valence-electron chi connectivity index (χ4n) is 3.03. The molecule has 0 saturated carbocycles. The zero-order chi connectivity index (χ0) is 26.1. The molecule has 0 aliphatic carbocycles. The van der Waals surface area contributed by atoms with E-state index in [1.54, 1.807) is 18.2 Å². The zero-order valence-corrected chi connectivity index (χ0v) is 21.5. The molecule has 4 atom stereocenters. The molecule has 0 fully saturated rings. The van der Waals surface area contributed by atoms with Crippen molar-refractivity contribution in [2.75, 3.05) is 6.61 Å². The third-order valence-corrected chi connectivity index (χ3v) is 5.09. The van der Waals surface area contributed by atoms with Gasteiger partial charge in [-0.05, 0) is 44.7 Å². The summed E-state index contributed by atoms with van der Waals surface area (Å²) in [6, 6.07) is -0.748. The summed E-state index contributed by atoms with van der Waals surface area (Å²) in [5.74, 6) is -0.822. The predicted molar refractivity (Wildman–Crippen MR) is 138 cm³/mol. The highest BCUT2D eigenvalue weighted by atomic mass is 16.3. The first kappa shape index (κ1) is 31.5. The summed E-state index contributed by atoms with van der Waals surface area (Å²) in [5, 5.41) is 34.0. The van der Waals surface area contributed by atoms with Gasteiger partial charge in [0.15, 0.2) is 0 Å². The average molecular weight is 477 g/mol. The standard InChI is InChI=1S/C27H44N2O5/c1-7-8-13-22(31)14-11-17-28-26(34)25(27(4,5)6)29-24(33)15-10-9-12-20(2)19-21(3)23(32)16-18-30/h7-12,15,17,19,21-23,25,30-32H,13-14,16,18H2,1-6H3,(H,28,34)(H,29,33). The van der Waals surface area contributed by atoms with Crippen molar-refractivity contribution in [2.24, 2.45) is 11.3 Å². The maximum atomic E-state index is 12.6. The summed E-state index contributed by atoms with van der Waals surface area (Å²) in [6.45, 7) is 11.2. The van der Waals surface area contributed by atoms with Crippen LogP contribution in [0.1, 0.15) is 60.8 Å². The Morgan fingerprint density at radius 1 is 1.03 bits per heavy atom. The van der Waals surface area contributed by atoms with Crippen molar-refractivity contribution in [1.29, 1.82) is 0 Å². The first-order valence-corrected chi connectivity index (χ1v) is 11.8. The molecule has 0 aliphatic heterocycles. The lowest BCUT2D eigenvalue weighted by atomic mass is 9.86. The molecular formula is C27H44N2O5. The molecule has 2 amide bonds. The lowest BCUT2D eigenvalue weighted by Gasteiger charge is -2.29. The molecule has 0 saturated heterocycles. The predicted octanol–water partition coefficient (Wildman–Crippen LogP) is 3.30. The second kappa shape index (κ2) is 17.0. The summed E-state index contributed by atoms with van der Waals surface area (Å²) >= 11 is 0. The van der Waals surface area contributed by atoms with Crippen LogP contribution >= 0.6 is 0 Å². The van der Waals surface area contributed by atoms with E-state index in [1.165, 1.54) is 12.3 Å². The fourth-order valence-corrected chi connectivity index (χ4v) is 3.03. The van der Waals surface area contributed by atoms with Crippen LogP contribution in [0, 0.1) is 11.3 Å². The van der Waals surface area contributed by atoms with E-state index in [4.69, 9.17) is 5.11 Å². The summed E-state index contributed by atoms with van der Waals surface area (Å²) < 4.78 is 0. The summed E-state index contributed by atoms with van der Waals surface area (Å²) in [7, 11) is 0. The number of carbonyl (C=O) groups is 2. The van der Waals surface area contributed by atoms with E-state index >= 15 is 0 Å². The second-order valence-electron chi connectivity index (χ2n) is 9.48. The molecule has 0 aromatic carbocycles. The smallest absolute Gasteiger partial charge is 0.247 e. The number of aliphatic hydroxyl groups excluding tert-OH is 3. The van der Waals surface area contributed by atoms with E-state index in [0.717, 1.165) is 5.57 Å². The van der Waals surface area contributed by atoms with E-state index in [9.17, 15) is 19.8 Å². The summed E-state index contributed by atoms with van der Waals surface area (Å²) in [4.78, 5) is 25.0. The van der Waals surface area contributed by atoms with Gasteiger partial charge in [-0.1, -0.05) is 75.8 Å². The second-order valence-corrected chi connectivity index (χ2v) is 9.48. The van der Waals surface area contributed by atoms with Crippen molar-refractivity contribution in [3.8, 4) is 0 Å². The molecule has 0 heterocycles. The number of carbonyl (C=O) groups excluding carboxylic acids is 2. The van der Waals surface area contributed by atoms with Crippen molar-refractivity contribution in [1.82, 2.24) is 10.6 Å². The molecule has 0 radical (unpaired) electrons. The molecule has 7 heteroatoms. The van der Waals surface area contributed by atoms with Crippen LogP contribution in [0.15, 0.2) is 60.4 Å². The zero-order valence-electron chi connectivity index (χ0n) is 21.5. The monoisotopic (exact) mass is 476 g/mol. The van der Waals surface area contributed by atoms with E-state index in [2.05, 4.69) is 10.6 Å². The van der Waals surface area contributed by atoms with Crippen molar-refractivity contribution in [3.05, 3.63) is 60.4 Å².